The molecule has 0 aliphatic heterocycles. The Labute approximate surface area is 175 Å². The van der Waals surface area contributed by atoms with Crippen molar-refractivity contribution in [3.63, 3.8) is 0 Å². The van der Waals surface area contributed by atoms with Crippen LogP contribution >= 0.6 is 11.3 Å². The Kier molecular flexibility index (Phi) is 4.52. The lowest BCUT2D eigenvalue weighted by Gasteiger charge is -2.18. The largest absolute Gasteiger partial charge is 0.326 e. The van der Waals surface area contributed by atoms with Gasteiger partial charge in [-0.3, -0.25) is 9.78 Å². The molecule has 1 unspecified atom stereocenters. The Morgan fingerprint density at radius 1 is 1.07 bits per heavy atom. The highest BCUT2D eigenvalue weighted by Crippen LogP contribution is 2.36. The summed E-state index contributed by atoms with van der Waals surface area (Å²) in [6.45, 7) is 1.89. The predicted molar refractivity (Wildman–Crippen MR) is 120 cm³/mol. The Balaban J connectivity index is 1.78. The van der Waals surface area contributed by atoms with Gasteiger partial charge in [-0.1, -0.05) is 60.7 Å². The van der Waals surface area contributed by atoms with E-state index in [0.717, 1.165) is 28.6 Å². The topological polar surface area (TPSA) is 91.5 Å². The molecule has 1 aromatic carbocycles. The number of rotatable bonds is 3. The minimum atomic E-state index is -0.529. The van der Waals surface area contributed by atoms with Crippen LogP contribution in [0.4, 0.5) is 0 Å². The van der Waals surface area contributed by atoms with Gasteiger partial charge in [-0.05, 0) is 24.5 Å². The highest BCUT2D eigenvalue weighted by Gasteiger charge is 2.23. The molecule has 0 bridgehead atoms. The number of nitrogens with zero attached hydrogens (tertiary/aromatic N) is 2. The second-order valence-electron chi connectivity index (χ2n) is 7.14. The van der Waals surface area contributed by atoms with Gasteiger partial charge in [0.2, 0.25) is 0 Å². The van der Waals surface area contributed by atoms with Crippen molar-refractivity contribution in [2.75, 3.05) is 0 Å². The molecule has 0 radical (unpaired) electrons. The van der Waals surface area contributed by atoms with Crippen molar-refractivity contribution in [3.05, 3.63) is 104 Å². The molecule has 3 aromatic heterocycles. The van der Waals surface area contributed by atoms with E-state index in [0.29, 0.717) is 20.9 Å². The summed E-state index contributed by atoms with van der Waals surface area (Å²) in [5.41, 5.74) is 2.49. The fraction of sp³-hybridized carbons (Fsp3) is 0.130. The first kappa shape index (κ1) is 18.4. The first-order chi connectivity index (χ1) is 14.6. The van der Waals surface area contributed by atoms with Gasteiger partial charge in [0.15, 0.2) is 0 Å². The van der Waals surface area contributed by atoms with Gasteiger partial charge in [-0.2, -0.15) is 0 Å². The fourth-order valence-corrected chi connectivity index (χ4v) is 4.91. The minimum Gasteiger partial charge on any atom is -0.305 e. The van der Waals surface area contributed by atoms with Crippen molar-refractivity contribution in [2.24, 2.45) is 0 Å². The molecule has 0 amide bonds. The second kappa shape index (κ2) is 7.35. The number of aryl methyl sites for hydroxylation is 1. The van der Waals surface area contributed by atoms with Crippen LogP contribution in [0.3, 0.4) is 0 Å². The standard InChI is InChI=1S/C23H18N4O2S/c1-13-16-18-19(21(28)27-23(29)25-18)30-22(16)26-20(24-13)17(15-11-7-4-8-12-15)14-9-5-2-3-6-10-14/h2,4-12,17H,3H2,1H3,(H2,25,27,28,29). The van der Waals surface area contributed by atoms with Crippen molar-refractivity contribution in [1.29, 1.82) is 0 Å². The number of allylic oxidation sites excluding steroid dienone is 6. The molecular formula is C23H18N4O2S. The van der Waals surface area contributed by atoms with Crippen LogP contribution < -0.4 is 11.2 Å². The van der Waals surface area contributed by atoms with Crippen LogP contribution in [0, 0.1) is 6.92 Å². The van der Waals surface area contributed by atoms with Gasteiger partial charge in [-0.15, -0.1) is 11.3 Å². The van der Waals surface area contributed by atoms with Crippen LogP contribution in [0.15, 0.2) is 75.9 Å². The Morgan fingerprint density at radius 2 is 1.90 bits per heavy atom. The van der Waals surface area contributed by atoms with E-state index in [1.54, 1.807) is 0 Å². The number of nitrogens with one attached hydrogen (secondary N) is 2. The van der Waals surface area contributed by atoms with E-state index in [9.17, 15) is 9.59 Å². The van der Waals surface area contributed by atoms with Gasteiger partial charge in [0, 0.05) is 0 Å². The van der Waals surface area contributed by atoms with Crippen molar-refractivity contribution in [1.82, 2.24) is 19.9 Å². The summed E-state index contributed by atoms with van der Waals surface area (Å²) in [6.07, 6.45) is 11.4. The average molecular weight is 414 g/mol. The quantitative estimate of drug-likeness (QED) is 0.528. The number of hydrogen-bond acceptors (Lipinski definition) is 5. The van der Waals surface area contributed by atoms with Crippen molar-refractivity contribution in [3.8, 4) is 0 Å². The summed E-state index contributed by atoms with van der Waals surface area (Å²) in [7, 11) is 0. The minimum absolute atomic E-state index is 0.143. The number of aromatic nitrogens is 4. The number of aromatic amines is 2. The third-order valence-corrected chi connectivity index (χ3v) is 6.24. The van der Waals surface area contributed by atoms with E-state index in [1.165, 1.54) is 11.3 Å². The zero-order valence-electron chi connectivity index (χ0n) is 16.2. The monoisotopic (exact) mass is 414 g/mol. The van der Waals surface area contributed by atoms with Gasteiger partial charge in [0.1, 0.15) is 15.4 Å². The summed E-state index contributed by atoms with van der Waals surface area (Å²) >= 11 is 1.27. The molecule has 0 saturated heterocycles. The van der Waals surface area contributed by atoms with Gasteiger partial charge < -0.3 is 4.98 Å². The zero-order valence-corrected chi connectivity index (χ0v) is 17.0. The second-order valence-corrected chi connectivity index (χ2v) is 8.14. The Bertz CT molecular complexity index is 1470. The Hall–Kier alpha value is -3.58. The number of thiophene rings is 1. The maximum atomic E-state index is 12.3. The molecule has 7 heteroatoms. The first-order valence-corrected chi connectivity index (χ1v) is 10.4. The van der Waals surface area contributed by atoms with Gasteiger partial charge in [0.05, 0.1) is 22.5 Å². The number of fused-ring (bicyclic) bond motifs is 3. The first-order valence-electron chi connectivity index (χ1n) is 9.63. The van der Waals surface area contributed by atoms with Crippen LogP contribution in [0.2, 0.25) is 0 Å². The summed E-state index contributed by atoms with van der Waals surface area (Å²) in [5.74, 6) is 0.526. The van der Waals surface area contributed by atoms with Crippen LogP contribution in [0.5, 0.6) is 0 Å². The summed E-state index contributed by atoms with van der Waals surface area (Å²) < 4.78 is 0.451. The van der Waals surface area contributed by atoms with E-state index in [4.69, 9.17) is 9.97 Å². The van der Waals surface area contributed by atoms with E-state index >= 15 is 0 Å². The molecule has 5 rings (SSSR count). The van der Waals surface area contributed by atoms with Crippen molar-refractivity contribution in [2.45, 2.75) is 19.3 Å². The van der Waals surface area contributed by atoms with Crippen molar-refractivity contribution < 1.29 is 0 Å². The maximum Gasteiger partial charge on any atom is 0.326 e. The lowest BCUT2D eigenvalue weighted by molar-refractivity contribution is 0.858. The third kappa shape index (κ3) is 3.13. The molecule has 6 nitrogen and oxygen atoms in total. The third-order valence-electron chi connectivity index (χ3n) is 5.15. The average Bonchev–Trinajstić information content (AvgIpc) is 2.91. The van der Waals surface area contributed by atoms with Crippen LogP contribution in [-0.4, -0.2) is 19.9 Å². The molecule has 3 heterocycles. The molecule has 2 N–H and O–H groups in total. The van der Waals surface area contributed by atoms with Crippen molar-refractivity contribution >= 4 is 31.8 Å². The molecule has 30 heavy (non-hydrogen) atoms. The fourth-order valence-electron chi connectivity index (χ4n) is 3.83. The van der Waals surface area contributed by atoms with E-state index in [-0.39, 0.29) is 5.92 Å². The molecule has 0 spiro atoms. The Morgan fingerprint density at radius 3 is 2.73 bits per heavy atom. The summed E-state index contributed by atoms with van der Waals surface area (Å²) in [5, 5.41) is 0.721. The van der Waals surface area contributed by atoms with Crippen LogP contribution in [0.1, 0.15) is 29.4 Å². The SMILES string of the molecule is Cc1nc(C(C2=CC=CCC=C2)c2ccccc2)nc2sc3c(=O)[nH]c(=O)[nH]c3c12. The van der Waals surface area contributed by atoms with E-state index < -0.39 is 11.2 Å². The molecule has 1 aliphatic rings. The van der Waals surface area contributed by atoms with Crippen LogP contribution in [0.25, 0.3) is 20.4 Å². The molecule has 0 saturated carbocycles. The van der Waals surface area contributed by atoms with Gasteiger partial charge in [-0.25, -0.2) is 14.8 Å². The number of hydrogen-bond donors (Lipinski definition) is 2. The molecule has 1 aliphatic carbocycles. The molecule has 148 valence electrons. The normalized spacial score (nSPS) is 14.8. The van der Waals surface area contributed by atoms with Gasteiger partial charge >= 0.3 is 5.69 Å². The maximum absolute atomic E-state index is 12.3. The van der Waals surface area contributed by atoms with Gasteiger partial charge in [0.25, 0.3) is 5.56 Å². The number of benzene rings is 1. The highest BCUT2D eigenvalue weighted by atomic mass is 32.1. The molecule has 0 fully saturated rings. The summed E-state index contributed by atoms with van der Waals surface area (Å²) in [6, 6.07) is 10.2. The zero-order chi connectivity index (χ0) is 20.7. The predicted octanol–water partition coefficient (Wildman–Crippen LogP) is 4.10. The van der Waals surface area contributed by atoms with E-state index in [1.807, 2.05) is 25.1 Å². The molecule has 4 aromatic rings. The van der Waals surface area contributed by atoms with Crippen LogP contribution in [-0.2, 0) is 0 Å². The number of H-pyrrole nitrogens is 2. The smallest absolute Gasteiger partial charge is 0.305 e. The summed E-state index contributed by atoms with van der Waals surface area (Å²) in [4.78, 5) is 39.5. The molecular weight excluding hydrogens is 396 g/mol. The lowest BCUT2D eigenvalue weighted by atomic mass is 9.89. The highest BCUT2D eigenvalue weighted by molar-refractivity contribution is 7.25. The van der Waals surface area contributed by atoms with E-state index in [2.05, 4.69) is 52.5 Å². The lowest BCUT2D eigenvalue weighted by Crippen LogP contribution is -2.20. The molecule has 1 atom stereocenters.